The van der Waals surface area contributed by atoms with E-state index in [9.17, 15) is 9.59 Å². The number of aryl methyl sites for hydroxylation is 1. The van der Waals surface area contributed by atoms with Crippen molar-refractivity contribution in [3.05, 3.63) is 62.7 Å². The van der Waals surface area contributed by atoms with Gasteiger partial charge in [0.1, 0.15) is 6.54 Å². The van der Waals surface area contributed by atoms with Crippen molar-refractivity contribution >= 4 is 23.3 Å². The molecule has 0 atom stereocenters. The molecule has 0 spiro atoms. The molecular weight excluding hydrogens is 334 g/mol. The molecule has 0 saturated carbocycles. The van der Waals surface area contributed by atoms with Crippen LogP contribution in [0.1, 0.15) is 11.3 Å². The van der Waals surface area contributed by atoms with Crippen LogP contribution in [0.5, 0.6) is 0 Å². The average Bonchev–Trinajstić information content (AvgIpc) is 2.95. The lowest BCUT2D eigenvalue weighted by Gasteiger charge is -2.34. The molecule has 1 saturated heterocycles. The van der Waals surface area contributed by atoms with Gasteiger partial charge in [0.2, 0.25) is 5.91 Å². The third-order valence-electron chi connectivity index (χ3n) is 4.47. The number of rotatable bonds is 5. The Labute approximate surface area is 151 Å². The van der Waals surface area contributed by atoms with Crippen molar-refractivity contribution < 1.29 is 4.79 Å². The highest BCUT2D eigenvalue weighted by Crippen LogP contribution is 2.07. The fourth-order valence-corrected chi connectivity index (χ4v) is 3.65. The summed E-state index contributed by atoms with van der Waals surface area (Å²) in [5.41, 5.74) is 2.06. The lowest BCUT2D eigenvalue weighted by atomic mass is 10.2. The van der Waals surface area contributed by atoms with Gasteiger partial charge in [0.15, 0.2) is 0 Å². The first-order valence-corrected chi connectivity index (χ1v) is 9.38. The second-order valence-electron chi connectivity index (χ2n) is 6.22. The largest absolute Gasteiger partial charge is 0.339 e. The molecule has 132 valence electrons. The number of aromatic nitrogens is 1. The molecule has 1 amide bonds. The Hall–Kier alpha value is -2.18. The van der Waals surface area contributed by atoms with E-state index in [0.29, 0.717) is 0 Å². The van der Waals surface area contributed by atoms with E-state index in [1.165, 1.54) is 5.56 Å². The second-order valence-corrected chi connectivity index (χ2v) is 7.04. The van der Waals surface area contributed by atoms with E-state index < -0.39 is 0 Å². The number of nitrogens with zero attached hydrogens (tertiary/aromatic N) is 3. The SMILES string of the molecule is Cc1csc(=O)n1CC(=O)N1CCN(C/C=C/c2ccccc2)CC1. The van der Waals surface area contributed by atoms with Crippen molar-refractivity contribution in [2.45, 2.75) is 13.5 Å². The lowest BCUT2D eigenvalue weighted by Crippen LogP contribution is -2.49. The summed E-state index contributed by atoms with van der Waals surface area (Å²) in [4.78, 5) is 28.3. The molecule has 1 fully saturated rings. The van der Waals surface area contributed by atoms with Crippen LogP contribution in [0.25, 0.3) is 6.08 Å². The van der Waals surface area contributed by atoms with E-state index in [0.717, 1.165) is 49.8 Å². The zero-order valence-corrected chi connectivity index (χ0v) is 15.2. The van der Waals surface area contributed by atoms with E-state index in [-0.39, 0.29) is 17.3 Å². The monoisotopic (exact) mass is 357 g/mol. The number of amides is 1. The standard InChI is InChI=1S/C19H23N3O2S/c1-16-15-25-19(24)22(16)14-18(23)21-12-10-20(11-13-21)9-5-8-17-6-3-2-4-7-17/h2-8,15H,9-14H2,1H3/b8-5+. The molecule has 6 heteroatoms. The Morgan fingerprint density at radius 3 is 2.52 bits per heavy atom. The molecule has 0 aliphatic carbocycles. The van der Waals surface area contributed by atoms with E-state index >= 15 is 0 Å². The van der Waals surface area contributed by atoms with E-state index in [4.69, 9.17) is 0 Å². The fraction of sp³-hybridized carbons (Fsp3) is 0.368. The molecule has 1 aromatic heterocycles. The quantitative estimate of drug-likeness (QED) is 0.823. The first-order chi connectivity index (χ1) is 12.1. The summed E-state index contributed by atoms with van der Waals surface area (Å²) < 4.78 is 1.56. The maximum Gasteiger partial charge on any atom is 0.307 e. The summed E-state index contributed by atoms with van der Waals surface area (Å²) in [6.45, 7) is 6.07. The fourth-order valence-electron chi connectivity index (χ4n) is 2.91. The summed E-state index contributed by atoms with van der Waals surface area (Å²) >= 11 is 1.15. The van der Waals surface area contributed by atoms with E-state index in [1.807, 2.05) is 30.0 Å². The van der Waals surface area contributed by atoms with Crippen molar-refractivity contribution in [3.8, 4) is 0 Å². The molecule has 1 aromatic carbocycles. The maximum absolute atomic E-state index is 12.4. The number of thiazole rings is 1. The zero-order chi connectivity index (χ0) is 17.6. The van der Waals surface area contributed by atoms with Gasteiger partial charge >= 0.3 is 4.87 Å². The van der Waals surface area contributed by atoms with Gasteiger partial charge in [-0.3, -0.25) is 19.1 Å². The van der Waals surface area contributed by atoms with Gasteiger partial charge in [-0.1, -0.05) is 53.8 Å². The topological polar surface area (TPSA) is 45.6 Å². The Kier molecular flexibility index (Phi) is 5.83. The molecule has 0 unspecified atom stereocenters. The van der Waals surface area contributed by atoms with E-state index in [1.54, 1.807) is 9.95 Å². The minimum Gasteiger partial charge on any atom is -0.339 e. The van der Waals surface area contributed by atoms with Crippen LogP contribution in [-0.4, -0.2) is 53.0 Å². The Balaban J connectivity index is 1.46. The molecule has 0 bridgehead atoms. The van der Waals surface area contributed by atoms with Gasteiger partial charge < -0.3 is 4.90 Å². The van der Waals surface area contributed by atoms with Crippen LogP contribution in [0.3, 0.4) is 0 Å². The molecule has 5 nitrogen and oxygen atoms in total. The summed E-state index contributed by atoms with van der Waals surface area (Å²) in [6.07, 6.45) is 4.30. The third kappa shape index (κ3) is 4.67. The van der Waals surface area contributed by atoms with Gasteiger partial charge in [-0.15, -0.1) is 0 Å². The predicted molar refractivity (Wildman–Crippen MR) is 102 cm³/mol. The molecule has 25 heavy (non-hydrogen) atoms. The van der Waals surface area contributed by atoms with Crippen LogP contribution >= 0.6 is 11.3 Å². The Bertz CT molecular complexity index is 787. The van der Waals surface area contributed by atoms with Crippen molar-refractivity contribution in [3.63, 3.8) is 0 Å². The third-order valence-corrected chi connectivity index (χ3v) is 5.35. The smallest absolute Gasteiger partial charge is 0.307 e. The molecular formula is C19H23N3O2S. The highest BCUT2D eigenvalue weighted by Gasteiger charge is 2.21. The van der Waals surface area contributed by atoms with Crippen molar-refractivity contribution in [1.29, 1.82) is 0 Å². The van der Waals surface area contributed by atoms with Gasteiger partial charge in [-0.05, 0) is 12.5 Å². The molecule has 1 aliphatic rings. The highest BCUT2D eigenvalue weighted by atomic mass is 32.1. The first kappa shape index (κ1) is 17.6. The first-order valence-electron chi connectivity index (χ1n) is 8.50. The molecule has 2 heterocycles. The van der Waals surface area contributed by atoms with Crippen molar-refractivity contribution in [1.82, 2.24) is 14.4 Å². The van der Waals surface area contributed by atoms with Crippen molar-refractivity contribution in [2.75, 3.05) is 32.7 Å². The van der Waals surface area contributed by atoms with Crippen LogP contribution in [-0.2, 0) is 11.3 Å². The minimum atomic E-state index is -0.0597. The van der Waals surface area contributed by atoms with Gasteiger partial charge in [0, 0.05) is 43.8 Å². The van der Waals surface area contributed by atoms with Gasteiger partial charge in [-0.2, -0.15) is 0 Å². The summed E-state index contributed by atoms with van der Waals surface area (Å²) in [5.74, 6) is 0.0306. The number of hydrogen-bond donors (Lipinski definition) is 0. The average molecular weight is 357 g/mol. The maximum atomic E-state index is 12.4. The van der Waals surface area contributed by atoms with Gasteiger partial charge in [0.05, 0.1) is 0 Å². The van der Waals surface area contributed by atoms with Crippen LogP contribution in [0.4, 0.5) is 0 Å². The number of piperazine rings is 1. The molecule has 0 N–H and O–H groups in total. The van der Waals surface area contributed by atoms with E-state index in [2.05, 4.69) is 29.2 Å². The zero-order valence-electron chi connectivity index (χ0n) is 14.4. The highest BCUT2D eigenvalue weighted by molar-refractivity contribution is 7.07. The van der Waals surface area contributed by atoms with Crippen molar-refractivity contribution in [2.24, 2.45) is 0 Å². The Morgan fingerprint density at radius 2 is 1.88 bits per heavy atom. The van der Waals surface area contributed by atoms with Crippen LogP contribution in [0.2, 0.25) is 0 Å². The second kappa shape index (κ2) is 8.27. The van der Waals surface area contributed by atoms with Crippen LogP contribution in [0.15, 0.2) is 46.6 Å². The number of carbonyl (C=O) groups is 1. The summed E-state index contributed by atoms with van der Waals surface area (Å²) in [5, 5.41) is 1.80. The lowest BCUT2D eigenvalue weighted by molar-refractivity contribution is -0.133. The normalized spacial score (nSPS) is 15.8. The van der Waals surface area contributed by atoms with Gasteiger partial charge in [-0.25, -0.2) is 0 Å². The number of carbonyl (C=O) groups excluding carboxylic acids is 1. The molecule has 2 aromatic rings. The summed E-state index contributed by atoms with van der Waals surface area (Å²) in [6, 6.07) is 10.2. The summed E-state index contributed by atoms with van der Waals surface area (Å²) in [7, 11) is 0. The number of hydrogen-bond acceptors (Lipinski definition) is 4. The molecule has 0 radical (unpaired) electrons. The minimum absolute atomic E-state index is 0.0306. The molecule has 3 rings (SSSR count). The predicted octanol–water partition coefficient (Wildman–Crippen LogP) is 2.08. The van der Waals surface area contributed by atoms with Gasteiger partial charge in [0.25, 0.3) is 0 Å². The van der Waals surface area contributed by atoms with Crippen LogP contribution < -0.4 is 4.87 Å². The Morgan fingerprint density at radius 1 is 1.16 bits per heavy atom. The number of benzene rings is 1. The van der Waals surface area contributed by atoms with Crippen LogP contribution in [0, 0.1) is 6.92 Å². The molecule has 1 aliphatic heterocycles.